The van der Waals surface area contributed by atoms with E-state index in [1.807, 2.05) is 12.1 Å². The molecule has 0 radical (unpaired) electrons. The number of rotatable bonds is 8. The second-order valence-electron chi connectivity index (χ2n) is 9.07. The van der Waals surface area contributed by atoms with Gasteiger partial charge in [-0.15, -0.1) is 0 Å². The molecule has 2 aliphatic heterocycles. The first-order valence-corrected chi connectivity index (χ1v) is 12.2. The molecule has 2 heterocycles. The number of carboxylic acid groups (broad SMARTS) is 1. The number of ether oxygens (including phenoxy) is 1. The lowest BCUT2D eigenvalue weighted by Crippen LogP contribution is -2.76. The summed E-state index contributed by atoms with van der Waals surface area (Å²) in [7, 11) is 1.56. The number of benzene rings is 2. The van der Waals surface area contributed by atoms with E-state index in [-0.39, 0.29) is 26.2 Å². The number of carbonyl (C=O) groups excluding carboxylic acids is 3. The van der Waals surface area contributed by atoms with Gasteiger partial charge in [-0.25, -0.2) is 19.2 Å². The highest BCUT2D eigenvalue weighted by Crippen LogP contribution is 2.29. The third kappa shape index (κ3) is 5.70. The number of carbonyl (C=O) groups is 4. The van der Waals surface area contributed by atoms with Gasteiger partial charge in [-0.3, -0.25) is 14.4 Å². The number of likely N-dealkylation sites (N-methyl/N-ethyl adjacent to an activating group) is 1. The van der Waals surface area contributed by atoms with Crippen molar-refractivity contribution in [3.63, 3.8) is 0 Å². The van der Waals surface area contributed by atoms with Crippen molar-refractivity contribution in [1.82, 2.24) is 25.1 Å². The van der Waals surface area contributed by atoms with Crippen molar-refractivity contribution in [1.29, 1.82) is 0 Å². The van der Waals surface area contributed by atoms with E-state index in [1.165, 1.54) is 39.1 Å². The molecule has 4 rings (SSSR count). The summed E-state index contributed by atoms with van der Waals surface area (Å²) in [6, 6.07) is 11.0. The van der Waals surface area contributed by atoms with E-state index in [0.717, 1.165) is 5.56 Å². The molecular weight excluding hydrogens is 497 g/mol. The van der Waals surface area contributed by atoms with Gasteiger partial charge in [0.2, 0.25) is 11.8 Å². The lowest BCUT2D eigenvalue weighted by Gasteiger charge is -2.54. The first-order valence-electron chi connectivity index (χ1n) is 12.2. The van der Waals surface area contributed by atoms with Crippen LogP contribution in [0.2, 0.25) is 0 Å². The van der Waals surface area contributed by atoms with Crippen molar-refractivity contribution in [2.45, 2.75) is 38.6 Å². The van der Waals surface area contributed by atoms with Crippen LogP contribution in [-0.2, 0) is 27.5 Å². The van der Waals surface area contributed by atoms with E-state index < -0.39 is 48.3 Å². The van der Waals surface area contributed by atoms with Crippen LogP contribution in [0.4, 0.5) is 9.18 Å². The average molecular weight is 528 g/mol. The molecule has 0 aromatic heterocycles. The molecule has 2 atom stereocenters. The average Bonchev–Trinajstić information content (AvgIpc) is 2.90. The molecule has 4 amide bonds. The molecule has 0 bridgehead atoms. The predicted octanol–water partition coefficient (Wildman–Crippen LogP) is 1.64. The number of hydrogen-bond donors (Lipinski definition) is 2. The van der Waals surface area contributed by atoms with Crippen molar-refractivity contribution in [2.24, 2.45) is 0 Å². The lowest BCUT2D eigenvalue weighted by atomic mass is 10.0. The highest BCUT2D eigenvalue weighted by molar-refractivity contribution is 5.93. The van der Waals surface area contributed by atoms with Crippen LogP contribution >= 0.6 is 0 Å². The molecular formula is C26H30FN5O6. The van der Waals surface area contributed by atoms with Crippen LogP contribution < -0.4 is 10.1 Å². The van der Waals surface area contributed by atoms with Crippen LogP contribution in [-0.4, -0.2) is 87.7 Å². The number of halogens is 1. The second kappa shape index (κ2) is 11.5. The first-order chi connectivity index (χ1) is 18.2. The molecule has 2 fully saturated rings. The summed E-state index contributed by atoms with van der Waals surface area (Å²) >= 11 is 0. The van der Waals surface area contributed by atoms with E-state index >= 15 is 0 Å². The molecule has 2 aromatic rings. The molecule has 12 heteroatoms. The number of hydrazine groups is 1. The van der Waals surface area contributed by atoms with Gasteiger partial charge in [-0.05, 0) is 35.4 Å². The Balaban J connectivity index is 1.61. The molecule has 2 aromatic carbocycles. The number of hydrogen-bond acceptors (Lipinski definition) is 6. The van der Waals surface area contributed by atoms with Crippen molar-refractivity contribution in [3.8, 4) is 5.75 Å². The number of piperazine rings is 1. The van der Waals surface area contributed by atoms with Gasteiger partial charge in [0.15, 0.2) is 0 Å². The van der Waals surface area contributed by atoms with Crippen LogP contribution in [0.1, 0.15) is 24.5 Å². The van der Waals surface area contributed by atoms with Gasteiger partial charge < -0.3 is 25.0 Å². The van der Waals surface area contributed by atoms with Crippen LogP contribution in [0.25, 0.3) is 0 Å². The quantitative estimate of drug-likeness (QED) is 0.535. The fourth-order valence-electron chi connectivity index (χ4n) is 4.78. The van der Waals surface area contributed by atoms with E-state index in [4.69, 9.17) is 4.74 Å². The molecule has 2 aliphatic rings. The van der Waals surface area contributed by atoms with Crippen molar-refractivity contribution in [2.75, 3.05) is 26.7 Å². The largest absolute Gasteiger partial charge is 0.497 e. The number of nitrogens with zero attached hydrogens (tertiary/aromatic N) is 4. The first kappa shape index (κ1) is 26.9. The Labute approximate surface area is 219 Å². The van der Waals surface area contributed by atoms with Crippen molar-refractivity contribution >= 4 is 23.8 Å². The fraction of sp³-hybridized carbons (Fsp3) is 0.385. The van der Waals surface area contributed by atoms with Gasteiger partial charge in [-0.2, -0.15) is 0 Å². The van der Waals surface area contributed by atoms with E-state index in [2.05, 4.69) is 5.32 Å². The smallest absolute Gasteiger partial charge is 0.334 e. The zero-order chi connectivity index (χ0) is 27.4. The van der Waals surface area contributed by atoms with Gasteiger partial charge in [-0.1, -0.05) is 31.2 Å². The van der Waals surface area contributed by atoms with Crippen LogP contribution in [0, 0.1) is 5.82 Å². The van der Waals surface area contributed by atoms with Gasteiger partial charge in [0, 0.05) is 19.6 Å². The summed E-state index contributed by atoms with van der Waals surface area (Å²) in [6.45, 7) is 2.19. The Morgan fingerprint density at radius 3 is 2.34 bits per heavy atom. The predicted molar refractivity (Wildman–Crippen MR) is 133 cm³/mol. The molecule has 0 unspecified atom stereocenters. The molecule has 0 saturated carbocycles. The van der Waals surface area contributed by atoms with Gasteiger partial charge >= 0.3 is 12.0 Å². The minimum absolute atomic E-state index is 0.0372. The molecule has 202 valence electrons. The van der Waals surface area contributed by atoms with E-state index in [9.17, 15) is 28.7 Å². The van der Waals surface area contributed by atoms with Gasteiger partial charge in [0.1, 0.15) is 23.8 Å². The minimum atomic E-state index is -1.28. The number of carboxylic acids is 1. The summed E-state index contributed by atoms with van der Waals surface area (Å²) < 4.78 is 18.6. The number of amides is 4. The zero-order valence-corrected chi connectivity index (χ0v) is 21.2. The lowest BCUT2D eigenvalue weighted by molar-refractivity contribution is -0.191. The van der Waals surface area contributed by atoms with Gasteiger partial charge in [0.05, 0.1) is 26.6 Å². The summed E-state index contributed by atoms with van der Waals surface area (Å²) in [5, 5.41) is 15.4. The molecule has 2 N–H and O–H groups in total. The molecule has 11 nitrogen and oxygen atoms in total. The number of methoxy groups -OCH3 is 1. The van der Waals surface area contributed by atoms with Crippen LogP contribution in [0.3, 0.4) is 0 Å². The Kier molecular flexibility index (Phi) is 8.10. The maximum Gasteiger partial charge on any atom is 0.334 e. The summed E-state index contributed by atoms with van der Waals surface area (Å²) in [4.78, 5) is 54.3. The Bertz CT molecular complexity index is 1190. The zero-order valence-electron chi connectivity index (χ0n) is 21.2. The van der Waals surface area contributed by atoms with Crippen molar-refractivity contribution in [3.05, 3.63) is 65.5 Å². The minimum Gasteiger partial charge on any atom is -0.497 e. The number of urea groups is 1. The summed E-state index contributed by atoms with van der Waals surface area (Å²) in [5.41, 5.74) is 1.46. The van der Waals surface area contributed by atoms with Crippen molar-refractivity contribution < 1.29 is 33.4 Å². The highest BCUT2D eigenvalue weighted by atomic mass is 19.1. The highest BCUT2D eigenvalue weighted by Gasteiger charge is 2.51. The topological polar surface area (TPSA) is 123 Å². The molecule has 0 spiro atoms. The van der Waals surface area contributed by atoms with Crippen LogP contribution in [0.15, 0.2) is 48.5 Å². The number of nitrogens with one attached hydrogen (secondary N) is 1. The SMILES string of the molecule is CCN1CC(=O)N2[C@@H](CC(=O)O)C(=O)N(Cc3ccc(F)cc3)C[C@@H]2N1C(=O)NCc1ccc(OC)cc1. The second-order valence-corrected chi connectivity index (χ2v) is 9.07. The monoisotopic (exact) mass is 527 g/mol. The third-order valence-electron chi connectivity index (χ3n) is 6.66. The summed E-state index contributed by atoms with van der Waals surface area (Å²) in [6.07, 6.45) is -1.52. The number of fused-ring (bicyclic) bond motifs is 1. The third-order valence-corrected chi connectivity index (χ3v) is 6.66. The maximum atomic E-state index is 13.5. The Morgan fingerprint density at radius 1 is 1.08 bits per heavy atom. The maximum absolute atomic E-state index is 13.5. The Hall–Kier alpha value is -4.19. The normalized spacial score (nSPS) is 19.8. The molecule has 2 saturated heterocycles. The van der Waals surface area contributed by atoms with E-state index in [1.54, 1.807) is 31.2 Å². The molecule has 0 aliphatic carbocycles. The Morgan fingerprint density at radius 2 is 1.74 bits per heavy atom. The summed E-state index contributed by atoms with van der Waals surface area (Å²) in [5.74, 6) is -1.96. The van der Waals surface area contributed by atoms with Crippen LogP contribution in [0.5, 0.6) is 5.75 Å². The fourth-order valence-corrected chi connectivity index (χ4v) is 4.78. The standard InChI is InChI=1S/C26H30FN5O6/c1-3-30-16-23(33)31-21(12-24(34)35)25(36)29(14-18-4-8-19(27)9-5-18)15-22(31)32(30)26(37)28-13-17-6-10-20(38-2)11-7-17/h4-11,21-22H,3,12-16H2,1-2H3,(H,28,37)(H,34,35)/t21-,22-/m0/s1. The van der Waals surface area contributed by atoms with E-state index in [0.29, 0.717) is 17.9 Å². The van der Waals surface area contributed by atoms with Gasteiger partial charge in [0.25, 0.3) is 0 Å². The number of aliphatic carboxylic acids is 1. The molecule has 38 heavy (non-hydrogen) atoms.